The fraction of sp³-hybridized carbons (Fsp3) is 0.312. The van der Waals surface area contributed by atoms with Gasteiger partial charge >= 0.3 is 0 Å². The first-order valence-electron chi connectivity index (χ1n) is 6.69. The minimum Gasteiger partial charge on any atom is -0.437 e. The second kappa shape index (κ2) is 5.77. The molecule has 0 aliphatic rings. The molecule has 0 spiro atoms. The Balaban J connectivity index is 2.35. The van der Waals surface area contributed by atoms with Crippen molar-refractivity contribution in [2.75, 3.05) is 0 Å². The standard InChI is InChI=1S/C16H19N3OS/c1-10-9-11(16(2,3)4)5-6-12(10)20-15-13(14(17)21)18-7-8-19-15/h5-9H,1-4H3,(H2,17,21). The largest absolute Gasteiger partial charge is 0.437 e. The predicted molar refractivity (Wildman–Crippen MR) is 87.9 cm³/mol. The smallest absolute Gasteiger partial charge is 0.248 e. The second-order valence-corrected chi connectivity index (χ2v) is 6.35. The van der Waals surface area contributed by atoms with Crippen LogP contribution in [-0.2, 0) is 5.41 Å². The van der Waals surface area contributed by atoms with E-state index >= 15 is 0 Å². The Kier molecular flexibility index (Phi) is 4.23. The Morgan fingerprint density at radius 2 is 1.86 bits per heavy atom. The third-order valence-corrected chi connectivity index (χ3v) is 3.34. The van der Waals surface area contributed by atoms with Crippen LogP contribution in [0.15, 0.2) is 30.6 Å². The minimum absolute atomic E-state index is 0.0971. The van der Waals surface area contributed by atoms with Crippen LogP contribution in [0.4, 0.5) is 0 Å². The lowest BCUT2D eigenvalue weighted by Crippen LogP contribution is -2.14. The van der Waals surface area contributed by atoms with Crippen LogP contribution in [-0.4, -0.2) is 15.0 Å². The van der Waals surface area contributed by atoms with Gasteiger partial charge in [0.15, 0.2) is 5.69 Å². The maximum absolute atomic E-state index is 5.83. The van der Waals surface area contributed by atoms with Crippen LogP contribution in [0.25, 0.3) is 0 Å². The number of ether oxygens (including phenoxy) is 1. The van der Waals surface area contributed by atoms with E-state index in [2.05, 4.69) is 42.9 Å². The van der Waals surface area contributed by atoms with Gasteiger partial charge in [-0.05, 0) is 29.5 Å². The van der Waals surface area contributed by atoms with Crippen LogP contribution in [0.2, 0.25) is 0 Å². The van der Waals surface area contributed by atoms with E-state index in [-0.39, 0.29) is 10.4 Å². The Hall–Kier alpha value is -2.01. The van der Waals surface area contributed by atoms with E-state index in [9.17, 15) is 0 Å². The Labute approximate surface area is 130 Å². The van der Waals surface area contributed by atoms with Crippen molar-refractivity contribution in [3.05, 3.63) is 47.4 Å². The Morgan fingerprint density at radius 3 is 2.43 bits per heavy atom. The molecule has 4 nitrogen and oxygen atoms in total. The van der Waals surface area contributed by atoms with E-state index in [0.29, 0.717) is 11.6 Å². The van der Waals surface area contributed by atoms with E-state index in [1.54, 1.807) is 6.20 Å². The van der Waals surface area contributed by atoms with Crippen LogP contribution in [0.1, 0.15) is 37.6 Å². The highest BCUT2D eigenvalue weighted by atomic mass is 32.1. The molecule has 0 amide bonds. The first-order valence-corrected chi connectivity index (χ1v) is 7.09. The summed E-state index contributed by atoms with van der Waals surface area (Å²) < 4.78 is 5.83. The lowest BCUT2D eigenvalue weighted by atomic mass is 9.86. The Bertz CT molecular complexity index is 677. The number of nitrogens with zero attached hydrogens (tertiary/aromatic N) is 2. The molecule has 21 heavy (non-hydrogen) atoms. The topological polar surface area (TPSA) is 61.0 Å². The third kappa shape index (κ3) is 3.55. The van der Waals surface area contributed by atoms with Crippen molar-refractivity contribution in [1.82, 2.24) is 9.97 Å². The van der Waals surface area contributed by atoms with E-state index in [1.807, 2.05) is 13.0 Å². The molecule has 110 valence electrons. The van der Waals surface area contributed by atoms with Crippen LogP contribution < -0.4 is 10.5 Å². The monoisotopic (exact) mass is 301 g/mol. The molecular weight excluding hydrogens is 282 g/mol. The van der Waals surface area contributed by atoms with Gasteiger partial charge in [0.05, 0.1) is 0 Å². The zero-order valence-electron chi connectivity index (χ0n) is 12.7. The van der Waals surface area contributed by atoms with Crippen LogP contribution >= 0.6 is 12.2 Å². The number of aromatic nitrogens is 2. The van der Waals surface area contributed by atoms with Crippen LogP contribution in [0.5, 0.6) is 11.6 Å². The second-order valence-electron chi connectivity index (χ2n) is 5.91. The number of rotatable bonds is 3. The molecule has 0 bridgehead atoms. The average molecular weight is 301 g/mol. The predicted octanol–water partition coefficient (Wildman–Crippen LogP) is 3.51. The maximum atomic E-state index is 5.83. The molecule has 0 aliphatic carbocycles. The summed E-state index contributed by atoms with van der Waals surface area (Å²) in [4.78, 5) is 8.43. The lowest BCUT2D eigenvalue weighted by molar-refractivity contribution is 0.454. The van der Waals surface area contributed by atoms with Gasteiger partial charge in [-0.25, -0.2) is 9.97 Å². The van der Waals surface area contributed by atoms with Crippen LogP contribution in [0, 0.1) is 6.92 Å². The van der Waals surface area contributed by atoms with Crippen LogP contribution in [0.3, 0.4) is 0 Å². The van der Waals surface area contributed by atoms with Crippen molar-refractivity contribution in [3.63, 3.8) is 0 Å². The van der Waals surface area contributed by atoms with Crippen molar-refractivity contribution < 1.29 is 4.74 Å². The van der Waals surface area contributed by atoms with Crippen molar-refractivity contribution >= 4 is 17.2 Å². The number of thiocarbonyl (C=S) groups is 1. The van der Waals surface area contributed by atoms with Crippen molar-refractivity contribution in [3.8, 4) is 11.6 Å². The first kappa shape index (κ1) is 15.4. The molecule has 2 rings (SSSR count). The molecule has 0 saturated heterocycles. The van der Waals surface area contributed by atoms with E-state index in [1.165, 1.54) is 11.8 Å². The van der Waals surface area contributed by atoms with Gasteiger partial charge in [-0.2, -0.15) is 0 Å². The van der Waals surface area contributed by atoms with E-state index in [0.717, 1.165) is 11.3 Å². The number of aryl methyl sites for hydroxylation is 1. The molecule has 2 aromatic rings. The molecule has 1 heterocycles. The molecule has 0 aliphatic heterocycles. The number of nitrogens with two attached hydrogens (primary N) is 1. The molecule has 2 N–H and O–H groups in total. The van der Waals surface area contributed by atoms with E-state index < -0.39 is 0 Å². The van der Waals surface area contributed by atoms with Crippen molar-refractivity contribution in [2.45, 2.75) is 33.1 Å². The summed E-state index contributed by atoms with van der Waals surface area (Å²) in [5, 5.41) is 0. The lowest BCUT2D eigenvalue weighted by Gasteiger charge is -2.20. The molecule has 0 saturated carbocycles. The SMILES string of the molecule is Cc1cc(C(C)(C)C)ccc1Oc1nccnc1C(N)=S. The van der Waals surface area contributed by atoms with Gasteiger partial charge in [-0.15, -0.1) is 0 Å². The zero-order chi connectivity index (χ0) is 15.6. The highest BCUT2D eigenvalue weighted by molar-refractivity contribution is 7.80. The molecule has 0 fully saturated rings. The number of hydrogen-bond donors (Lipinski definition) is 1. The third-order valence-electron chi connectivity index (χ3n) is 3.15. The summed E-state index contributed by atoms with van der Waals surface area (Å²) >= 11 is 4.96. The van der Waals surface area contributed by atoms with Gasteiger partial charge in [0.2, 0.25) is 5.88 Å². The fourth-order valence-corrected chi connectivity index (χ4v) is 2.04. The van der Waals surface area contributed by atoms with Gasteiger partial charge in [0.25, 0.3) is 0 Å². The van der Waals surface area contributed by atoms with Gasteiger partial charge in [0, 0.05) is 12.4 Å². The molecular formula is C16H19N3OS. The Morgan fingerprint density at radius 1 is 1.19 bits per heavy atom. The minimum atomic E-state index is 0.0971. The number of hydrogen-bond acceptors (Lipinski definition) is 4. The van der Waals surface area contributed by atoms with Crippen molar-refractivity contribution in [2.24, 2.45) is 5.73 Å². The average Bonchev–Trinajstić information content (AvgIpc) is 2.40. The summed E-state index contributed by atoms with van der Waals surface area (Å²) in [6.07, 6.45) is 3.09. The summed E-state index contributed by atoms with van der Waals surface area (Å²) in [5.41, 5.74) is 8.41. The van der Waals surface area contributed by atoms with Crippen molar-refractivity contribution in [1.29, 1.82) is 0 Å². The highest BCUT2D eigenvalue weighted by Crippen LogP contribution is 2.30. The number of benzene rings is 1. The van der Waals surface area contributed by atoms with Gasteiger partial charge in [0.1, 0.15) is 10.7 Å². The summed E-state index contributed by atoms with van der Waals surface area (Å²) in [5.74, 6) is 1.05. The quantitative estimate of drug-likeness (QED) is 0.879. The fourth-order valence-electron chi connectivity index (χ4n) is 1.90. The molecule has 5 heteroatoms. The molecule has 0 atom stereocenters. The highest BCUT2D eigenvalue weighted by Gasteiger charge is 2.16. The maximum Gasteiger partial charge on any atom is 0.248 e. The first-order chi connectivity index (χ1) is 9.79. The summed E-state index contributed by atoms with van der Waals surface area (Å²) in [7, 11) is 0. The molecule has 1 aromatic carbocycles. The summed E-state index contributed by atoms with van der Waals surface area (Å²) in [6, 6.07) is 6.11. The van der Waals surface area contributed by atoms with Gasteiger partial charge in [-0.1, -0.05) is 45.1 Å². The molecule has 0 unspecified atom stereocenters. The molecule has 0 radical (unpaired) electrons. The molecule has 1 aromatic heterocycles. The van der Waals surface area contributed by atoms with E-state index in [4.69, 9.17) is 22.7 Å². The zero-order valence-corrected chi connectivity index (χ0v) is 13.5. The van der Waals surface area contributed by atoms with Gasteiger partial charge in [-0.3, -0.25) is 0 Å². The van der Waals surface area contributed by atoms with Gasteiger partial charge < -0.3 is 10.5 Å². The normalized spacial score (nSPS) is 11.2. The summed E-state index contributed by atoms with van der Waals surface area (Å²) in [6.45, 7) is 8.53.